The van der Waals surface area contributed by atoms with Gasteiger partial charge in [0.1, 0.15) is 6.04 Å². The molecular formula is C16H19Cl3N2O2. The van der Waals surface area contributed by atoms with Gasteiger partial charge in [0.05, 0.1) is 28.6 Å². The molecule has 0 aromatic heterocycles. The van der Waals surface area contributed by atoms with Gasteiger partial charge < -0.3 is 4.74 Å². The van der Waals surface area contributed by atoms with E-state index in [2.05, 4.69) is 11.0 Å². The maximum atomic E-state index is 11.8. The lowest BCUT2D eigenvalue weighted by Gasteiger charge is -2.33. The molecule has 0 spiro atoms. The molecule has 1 heterocycles. The summed E-state index contributed by atoms with van der Waals surface area (Å²) in [6, 6.07) is 7.19. The third kappa shape index (κ3) is 4.99. The van der Waals surface area contributed by atoms with Crippen molar-refractivity contribution in [1.29, 1.82) is 5.26 Å². The molecule has 23 heavy (non-hydrogen) atoms. The van der Waals surface area contributed by atoms with Crippen molar-refractivity contribution in [2.24, 2.45) is 5.92 Å². The summed E-state index contributed by atoms with van der Waals surface area (Å²) in [6.45, 7) is 3.58. The molecule has 1 aromatic carbocycles. The van der Waals surface area contributed by atoms with Gasteiger partial charge >= 0.3 is 5.97 Å². The molecule has 4 nitrogen and oxygen atoms in total. The van der Waals surface area contributed by atoms with Gasteiger partial charge in [0.2, 0.25) is 0 Å². The van der Waals surface area contributed by atoms with Crippen molar-refractivity contribution in [3.8, 4) is 6.07 Å². The zero-order valence-corrected chi connectivity index (χ0v) is 15.1. The van der Waals surface area contributed by atoms with Gasteiger partial charge in [-0.1, -0.05) is 29.3 Å². The first kappa shape index (κ1) is 20.1. The SMILES string of the molecule is CCOC(=O)C1CCN(C(C#N)c2ccc(Cl)c(Cl)c2)CC1.Cl. The van der Waals surface area contributed by atoms with Crippen LogP contribution in [0.25, 0.3) is 0 Å². The Hall–Kier alpha value is -0.990. The zero-order chi connectivity index (χ0) is 16.1. The number of nitriles is 1. The summed E-state index contributed by atoms with van der Waals surface area (Å²) in [5, 5.41) is 10.4. The van der Waals surface area contributed by atoms with Crippen molar-refractivity contribution in [3.05, 3.63) is 33.8 Å². The molecule has 0 aliphatic carbocycles. The lowest BCUT2D eigenvalue weighted by atomic mass is 9.94. The molecule has 7 heteroatoms. The van der Waals surface area contributed by atoms with Gasteiger partial charge in [-0.2, -0.15) is 5.26 Å². The van der Waals surface area contributed by atoms with Gasteiger partial charge in [-0.15, -0.1) is 12.4 Å². The molecule has 2 rings (SSSR count). The summed E-state index contributed by atoms with van der Waals surface area (Å²) < 4.78 is 5.06. The van der Waals surface area contributed by atoms with Crippen LogP contribution in [0.4, 0.5) is 0 Å². The molecule has 1 aliphatic heterocycles. The Labute approximate surface area is 152 Å². The van der Waals surface area contributed by atoms with Crippen LogP contribution in [-0.2, 0) is 9.53 Å². The lowest BCUT2D eigenvalue weighted by Crippen LogP contribution is -2.38. The number of halogens is 3. The van der Waals surface area contributed by atoms with E-state index in [1.54, 1.807) is 12.1 Å². The van der Waals surface area contributed by atoms with Crippen LogP contribution >= 0.6 is 35.6 Å². The average Bonchev–Trinajstić information content (AvgIpc) is 2.52. The van der Waals surface area contributed by atoms with Gasteiger partial charge in [0.25, 0.3) is 0 Å². The van der Waals surface area contributed by atoms with E-state index < -0.39 is 0 Å². The van der Waals surface area contributed by atoms with Crippen LogP contribution in [0.2, 0.25) is 10.0 Å². The number of benzene rings is 1. The predicted octanol–water partition coefficient (Wildman–Crippen LogP) is 4.25. The summed E-state index contributed by atoms with van der Waals surface area (Å²) in [5.74, 6) is -0.199. The second kappa shape index (κ2) is 9.34. The Balaban J connectivity index is 0.00000264. The molecule has 1 atom stereocenters. The van der Waals surface area contributed by atoms with Gasteiger partial charge in [0, 0.05) is 13.1 Å². The maximum Gasteiger partial charge on any atom is 0.309 e. The van der Waals surface area contributed by atoms with E-state index in [9.17, 15) is 10.1 Å². The minimum atomic E-state index is -0.377. The maximum absolute atomic E-state index is 11.8. The van der Waals surface area contributed by atoms with Gasteiger partial charge in [-0.25, -0.2) is 0 Å². The monoisotopic (exact) mass is 376 g/mol. The highest BCUT2D eigenvalue weighted by Crippen LogP contribution is 2.31. The largest absolute Gasteiger partial charge is 0.466 e. The normalized spacial score (nSPS) is 17.0. The van der Waals surface area contributed by atoms with Crippen LogP contribution in [0.3, 0.4) is 0 Å². The standard InChI is InChI=1S/C16H18Cl2N2O2.ClH/c1-2-22-16(21)11-5-7-20(8-6-11)15(10-19)12-3-4-13(17)14(18)9-12;/h3-4,9,11,15H,2,5-8H2,1H3;1H. The minimum Gasteiger partial charge on any atom is -0.466 e. The van der Waals surface area contributed by atoms with Crippen molar-refractivity contribution < 1.29 is 9.53 Å². The molecule has 0 saturated carbocycles. The van der Waals surface area contributed by atoms with Crippen LogP contribution in [0.1, 0.15) is 31.4 Å². The molecule has 1 fully saturated rings. The summed E-state index contributed by atoms with van der Waals surface area (Å²) in [6.07, 6.45) is 1.41. The molecule has 0 amide bonds. The van der Waals surface area contributed by atoms with Crippen LogP contribution in [-0.4, -0.2) is 30.6 Å². The average molecular weight is 378 g/mol. The highest BCUT2D eigenvalue weighted by Gasteiger charge is 2.30. The van der Waals surface area contributed by atoms with Gasteiger partial charge in [-0.3, -0.25) is 9.69 Å². The summed E-state index contributed by atoms with van der Waals surface area (Å²) in [4.78, 5) is 13.8. The number of likely N-dealkylation sites (tertiary alicyclic amines) is 1. The Bertz CT molecular complexity index is 581. The van der Waals surface area contributed by atoms with Gasteiger partial charge in [0.15, 0.2) is 0 Å². The van der Waals surface area contributed by atoms with Crippen molar-refractivity contribution in [2.75, 3.05) is 19.7 Å². The fourth-order valence-electron chi connectivity index (χ4n) is 2.70. The van der Waals surface area contributed by atoms with Crippen LogP contribution in [0, 0.1) is 17.2 Å². The van der Waals surface area contributed by atoms with Crippen LogP contribution < -0.4 is 0 Å². The quantitative estimate of drug-likeness (QED) is 0.736. The van der Waals surface area contributed by atoms with E-state index in [1.807, 2.05) is 13.0 Å². The number of hydrogen-bond acceptors (Lipinski definition) is 4. The molecule has 0 radical (unpaired) electrons. The number of carbonyl (C=O) groups is 1. The number of nitrogens with zero attached hydrogens (tertiary/aromatic N) is 2. The second-order valence-corrected chi connectivity index (χ2v) is 6.08. The number of hydrogen-bond donors (Lipinski definition) is 0. The number of rotatable bonds is 4. The van der Waals surface area contributed by atoms with Crippen LogP contribution in [0.5, 0.6) is 0 Å². The van der Waals surface area contributed by atoms with E-state index in [1.165, 1.54) is 0 Å². The number of ether oxygens (including phenoxy) is 1. The van der Waals surface area contributed by atoms with Crippen molar-refractivity contribution in [3.63, 3.8) is 0 Å². The molecule has 1 aliphatic rings. The molecule has 126 valence electrons. The highest BCUT2D eigenvalue weighted by molar-refractivity contribution is 6.42. The fourth-order valence-corrected chi connectivity index (χ4v) is 3.01. The van der Waals surface area contributed by atoms with E-state index in [4.69, 9.17) is 27.9 Å². The second-order valence-electron chi connectivity index (χ2n) is 5.27. The van der Waals surface area contributed by atoms with E-state index >= 15 is 0 Å². The summed E-state index contributed by atoms with van der Waals surface area (Å²) in [7, 11) is 0. The topological polar surface area (TPSA) is 53.3 Å². The smallest absolute Gasteiger partial charge is 0.309 e. The lowest BCUT2D eigenvalue weighted by molar-refractivity contribution is -0.149. The fraction of sp³-hybridized carbons (Fsp3) is 0.500. The van der Waals surface area contributed by atoms with Gasteiger partial charge in [-0.05, 0) is 37.5 Å². The van der Waals surface area contributed by atoms with Crippen LogP contribution in [0.15, 0.2) is 18.2 Å². The van der Waals surface area contributed by atoms with Crippen molar-refractivity contribution >= 4 is 41.6 Å². The van der Waals surface area contributed by atoms with E-state index in [0.717, 1.165) is 5.56 Å². The number of esters is 1. The predicted molar refractivity (Wildman–Crippen MR) is 93.0 cm³/mol. The molecule has 1 unspecified atom stereocenters. The molecular weight excluding hydrogens is 359 g/mol. The third-order valence-corrected chi connectivity index (χ3v) is 4.64. The van der Waals surface area contributed by atoms with E-state index in [-0.39, 0.29) is 30.3 Å². The van der Waals surface area contributed by atoms with Crippen molar-refractivity contribution in [2.45, 2.75) is 25.8 Å². The van der Waals surface area contributed by atoms with E-state index in [0.29, 0.717) is 42.6 Å². The number of piperidine rings is 1. The molecule has 0 bridgehead atoms. The summed E-state index contributed by atoms with van der Waals surface area (Å²) in [5.41, 5.74) is 0.825. The minimum absolute atomic E-state index is 0. The number of carbonyl (C=O) groups excluding carboxylic acids is 1. The highest BCUT2D eigenvalue weighted by atomic mass is 35.5. The third-order valence-electron chi connectivity index (χ3n) is 3.90. The first-order valence-electron chi connectivity index (χ1n) is 7.32. The Morgan fingerprint density at radius 2 is 2.04 bits per heavy atom. The molecule has 0 N–H and O–H groups in total. The zero-order valence-electron chi connectivity index (χ0n) is 12.8. The molecule has 1 aromatic rings. The first-order valence-corrected chi connectivity index (χ1v) is 8.07. The van der Waals surface area contributed by atoms with Crippen molar-refractivity contribution in [1.82, 2.24) is 4.90 Å². The Morgan fingerprint density at radius 1 is 1.39 bits per heavy atom. The molecule has 1 saturated heterocycles. The Kier molecular flexibility index (Phi) is 8.15. The Morgan fingerprint density at radius 3 is 2.57 bits per heavy atom. The first-order chi connectivity index (χ1) is 10.6. The summed E-state index contributed by atoms with van der Waals surface area (Å²) >= 11 is 12.0.